The molecule has 0 spiro atoms. The highest BCUT2D eigenvalue weighted by molar-refractivity contribution is 5.80. The lowest BCUT2D eigenvalue weighted by Gasteiger charge is -2.35. The van der Waals surface area contributed by atoms with Crippen LogP contribution in [0.25, 0.3) is 17.2 Å². The van der Waals surface area contributed by atoms with Gasteiger partial charge in [-0.25, -0.2) is 0 Å². The van der Waals surface area contributed by atoms with E-state index in [4.69, 9.17) is 0 Å². The molecule has 0 nitrogen and oxygen atoms in total. The number of hydrogen-bond acceptors (Lipinski definition) is 0. The number of hydrogen-bond donors (Lipinski definition) is 0. The van der Waals surface area contributed by atoms with Crippen LogP contribution in [0.4, 0.5) is 0 Å². The third-order valence-electron chi connectivity index (χ3n) is 10.0. The smallest absolute Gasteiger partial charge is 0.00826 e. The average Bonchev–Trinajstić information content (AvgIpc) is 3.30. The van der Waals surface area contributed by atoms with Crippen molar-refractivity contribution in [3.05, 3.63) is 100 Å². The average molecular weight is 505 g/mol. The van der Waals surface area contributed by atoms with E-state index in [1.807, 2.05) is 0 Å². The molecule has 200 valence electrons. The van der Waals surface area contributed by atoms with Gasteiger partial charge in [-0.15, -0.1) is 0 Å². The van der Waals surface area contributed by atoms with Crippen molar-refractivity contribution in [2.24, 2.45) is 29.6 Å². The first kappa shape index (κ1) is 27.0. The van der Waals surface area contributed by atoms with E-state index in [0.717, 1.165) is 30.6 Å². The number of allylic oxidation sites excluding steroid dienone is 5. The molecule has 0 heteroatoms. The Morgan fingerprint density at radius 1 is 0.974 bits per heavy atom. The summed E-state index contributed by atoms with van der Waals surface area (Å²) in [6.45, 7) is 20.6. The van der Waals surface area contributed by atoms with Crippen molar-refractivity contribution in [1.29, 1.82) is 0 Å². The van der Waals surface area contributed by atoms with Crippen LogP contribution >= 0.6 is 0 Å². The quantitative estimate of drug-likeness (QED) is 0.329. The second-order valence-corrected chi connectivity index (χ2v) is 12.9. The zero-order valence-electron chi connectivity index (χ0n) is 24.6. The maximum absolute atomic E-state index is 4.45. The van der Waals surface area contributed by atoms with E-state index in [0.29, 0.717) is 11.8 Å². The van der Waals surface area contributed by atoms with Gasteiger partial charge >= 0.3 is 0 Å². The van der Waals surface area contributed by atoms with E-state index in [1.165, 1.54) is 88.6 Å². The van der Waals surface area contributed by atoms with E-state index in [-0.39, 0.29) is 0 Å². The monoisotopic (exact) mass is 504 g/mol. The SMILES string of the molecule is C=C1C=CC(C)C(=C)C1CC1=Cc2cccc(-c3cc(C)cc(C)c3CC3CCC(CCC)C[C@@H]3C)c2C1. The highest BCUT2D eigenvalue weighted by Crippen LogP contribution is 2.44. The number of fused-ring (bicyclic) bond motifs is 1. The third kappa shape index (κ3) is 5.42. The van der Waals surface area contributed by atoms with Crippen LogP contribution in [0.1, 0.15) is 87.1 Å². The number of rotatable bonds is 7. The molecule has 2 aromatic rings. The fourth-order valence-corrected chi connectivity index (χ4v) is 7.72. The van der Waals surface area contributed by atoms with Gasteiger partial charge in [0.2, 0.25) is 0 Å². The van der Waals surface area contributed by atoms with E-state index in [2.05, 4.69) is 96.3 Å². The molecule has 1 saturated carbocycles. The lowest BCUT2D eigenvalue weighted by molar-refractivity contribution is 0.185. The molecular formula is C38H48. The van der Waals surface area contributed by atoms with Gasteiger partial charge in [-0.3, -0.25) is 0 Å². The predicted octanol–water partition coefficient (Wildman–Crippen LogP) is 10.6. The lowest BCUT2D eigenvalue weighted by atomic mass is 9.70. The van der Waals surface area contributed by atoms with Gasteiger partial charge in [-0.2, -0.15) is 0 Å². The van der Waals surface area contributed by atoms with Gasteiger partial charge in [0.25, 0.3) is 0 Å². The third-order valence-corrected chi connectivity index (χ3v) is 10.0. The molecule has 5 atom stereocenters. The minimum Gasteiger partial charge on any atom is -0.0986 e. The van der Waals surface area contributed by atoms with Gasteiger partial charge in [0, 0.05) is 5.92 Å². The fraction of sp³-hybridized carbons (Fsp3) is 0.474. The molecule has 0 N–H and O–H groups in total. The predicted molar refractivity (Wildman–Crippen MR) is 166 cm³/mol. The molecule has 3 aliphatic carbocycles. The summed E-state index contributed by atoms with van der Waals surface area (Å²) in [5, 5.41) is 0. The first-order valence-corrected chi connectivity index (χ1v) is 15.2. The Hall–Kier alpha value is -2.60. The molecule has 0 saturated heterocycles. The van der Waals surface area contributed by atoms with Crippen LogP contribution in [0, 0.1) is 43.4 Å². The molecular weight excluding hydrogens is 456 g/mol. The topological polar surface area (TPSA) is 0 Å². The van der Waals surface area contributed by atoms with Crippen LogP contribution in [0.15, 0.2) is 72.4 Å². The standard InChI is InChI=1S/C38H48/c1-8-10-30-15-16-32(27(5)19-30)23-36-28(6)17-24(2)18-38(36)34-12-9-11-33-20-31(22-37(33)34)21-35-26(4)14-13-25(3)29(35)7/h9,11-14,17-18,20,25,27,30,32,35H,4,7-8,10,15-16,19,21-23H2,1-3,5-6H3/t25?,27-,30?,32?,35?/m0/s1. The summed E-state index contributed by atoms with van der Waals surface area (Å²) in [5.41, 5.74) is 14.4. The maximum Gasteiger partial charge on any atom is 0.00826 e. The highest BCUT2D eigenvalue weighted by atomic mass is 14.3. The summed E-state index contributed by atoms with van der Waals surface area (Å²) in [7, 11) is 0. The van der Waals surface area contributed by atoms with Gasteiger partial charge in [0.1, 0.15) is 0 Å². The molecule has 5 rings (SSSR count). The summed E-state index contributed by atoms with van der Waals surface area (Å²) in [6.07, 6.45) is 17.2. The molecule has 0 heterocycles. The Labute approximate surface area is 232 Å². The lowest BCUT2D eigenvalue weighted by Crippen LogP contribution is -2.25. The summed E-state index contributed by atoms with van der Waals surface area (Å²) in [5.74, 6) is 3.35. The van der Waals surface area contributed by atoms with Crippen LogP contribution < -0.4 is 0 Å². The second-order valence-electron chi connectivity index (χ2n) is 12.9. The minimum absolute atomic E-state index is 0.361. The van der Waals surface area contributed by atoms with E-state index in [1.54, 1.807) is 5.56 Å². The van der Waals surface area contributed by atoms with Crippen LogP contribution in [-0.2, 0) is 12.8 Å². The van der Waals surface area contributed by atoms with Gasteiger partial charge in [0.05, 0.1) is 0 Å². The molecule has 38 heavy (non-hydrogen) atoms. The first-order chi connectivity index (χ1) is 18.2. The van der Waals surface area contributed by atoms with E-state index >= 15 is 0 Å². The summed E-state index contributed by atoms with van der Waals surface area (Å²) in [4.78, 5) is 0. The van der Waals surface area contributed by atoms with E-state index in [9.17, 15) is 0 Å². The van der Waals surface area contributed by atoms with Gasteiger partial charge in [0.15, 0.2) is 0 Å². The number of benzene rings is 2. The summed E-state index contributed by atoms with van der Waals surface area (Å²) < 4.78 is 0. The van der Waals surface area contributed by atoms with Crippen molar-refractivity contribution in [2.75, 3.05) is 0 Å². The molecule has 0 aliphatic heterocycles. The van der Waals surface area contributed by atoms with Crippen LogP contribution in [0.5, 0.6) is 0 Å². The van der Waals surface area contributed by atoms with Crippen molar-refractivity contribution < 1.29 is 0 Å². The van der Waals surface area contributed by atoms with Crippen LogP contribution in [0.3, 0.4) is 0 Å². The normalized spacial score (nSPS) is 27.0. The van der Waals surface area contributed by atoms with Crippen LogP contribution in [0.2, 0.25) is 0 Å². The Kier molecular flexibility index (Phi) is 7.99. The second kappa shape index (κ2) is 11.3. The fourth-order valence-electron chi connectivity index (χ4n) is 7.72. The molecule has 4 unspecified atom stereocenters. The van der Waals surface area contributed by atoms with Crippen molar-refractivity contribution >= 4 is 6.08 Å². The molecule has 0 amide bonds. The zero-order valence-corrected chi connectivity index (χ0v) is 24.6. The maximum atomic E-state index is 4.45. The largest absolute Gasteiger partial charge is 0.0986 e. The molecule has 0 bridgehead atoms. The van der Waals surface area contributed by atoms with E-state index < -0.39 is 0 Å². The Bertz CT molecular complexity index is 1280. The summed E-state index contributed by atoms with van der Waals surface area (Å²) >= 11 is 0. The molecule has 3 aliphatic rings. The van der Waals surface area contributed by atoms with Crippen molar-refractivity contribution in [3.63, 3.8) is 0 Å². The first-order valence-electron chi connectivity index (χ1n) is 15.2. The van der Waals surface area contributed by atoms with Crippen molar-refractivity contribution in [3.8, 4) is 11.1 Å². The van der Waals surface area contributed by atoms with Gasteiger partial charge in [-0.1, -0.05) is 118 Å². The van der Waals surface area contributed by atoms with Gasteiger partial charge < -0.3 is 0 Å². The molecule has 2 aromatic carbocycles. The Morgan fingerprint density at radius 2 is 1.79 bits per heavy atom. The minimum atomic E-state index is 0.361. The van der Waals surface area contributed by atoms with Crippen molar-refractivity contribution in [1.82, 2.24) is 0 Å². The van der Waals surface area contributed by atoms with Crippen molar-refractivity contribution in [2.45, 2.75) is 86.0 Å². The van der Waals surface area contributed by atoms with Crippen LogP contribution in [-0.4, -0.2) is 0 Å². The summed E-state index contributed by atoms with van der Waals surface area (Å²) in [6, 6.07) is 11.9. The van der Waals surface area contributed by atoms with Gasteiger partial charge in [-0.05, 0) is 109 Å². The molecule has 0 radical (unpaired) electrons. The Morgan fingerprint density at radius 3 is 2.55 bits per heavy atom. The highest BCUT2D eigenvalue weighted by Gasteiger charge is 2.30. The Balaban J connectivity index is 1.42. The number of aryl methyl sites for hydroxylation is 2. The molecule has 1 fully saturated rings. The molecule has 0 aromatic heterocycles. The zero-order chi connectivity index (χ0) is 27.0.